The maximum Gasteiger partial charge on any atom is 0.339 e. The first-order chi connectivity index (χ1) is 15.2. The summed E-state index contributed by atoms with van der Waals surface area (Å²) in [7, 11) is -4.22. The van der Waals surface area contributed by atoms with Crippen molar-refractivity contribution in [2.45, 2.75) is 4.90 Å². The molecule has 0 aliphatic rings. The standard InChI is InChI=1S/C22H13Br2ClN2O4S/c23-16-11-14(10-15(13-26)22(28)27-18-4-2-1-3-5-18)21(20(24)12-16)31-32(29,30)19-8-6-17(25)7-9-19/h1-12H,(H,27,28)/b15-10+. The number of carbonyl (C=O) groups excluding carboxylic acids is 1. The Morgan fingerprint density at radius 1 is 1.06 bits per heavy atom. The summed E-state index contributed by atoms with van der Waals surface area (Å²) in [6.07, 6.45) is 1.25. The number of nitrogens with zero attached hydrogens (tertiary/aromatic N) is 1. The maximum absolute atomic E-state index is 12.8. The van der Waals surface area contributed by atoms with Crippen molar-refractivity contribution in [3.8, 4) is 11.8 Å². The Morgan fingerprint density at radius 3 is 2.34 bits per heavy atom. The van der Waals surface area contributed by atoms with Gasteiger partial charge in [-0.3, -0.25) is 4.79 Å². The lowest BCUT2D eigenvalue weighted by Crippen LogP contribution is -2.14. The van der Waals surface area contributed by atoms with Crippen molar-refractivity contribution in [2.75, 3.05) is 5.32 Å². The highest BCUT2D eigenvalue weighted by Gasteiger charge is 2.22. The lowest BCUT2D eigenvalue weighted by molar-refractivity contribution is -0.112. The predicted molar refractivity (Wildman–Crippen MR) is 130 cm³/mol. The number of nitrogens with one attached hydrogen (secondary N) is 1. The molecule has 10 heteroatoms. The number of rotatable bonds is 6. The van der Waals surface area contributed by atoms with Gasteiger partial charge in [-0.1, -0.05) is 45.7 Å². The largest absolute Gasteiger partial charge is 0.377 e. The van der Waals surface area contributed by atoms with Crippen molar-refractivity contribution in [1.82, 2.24) is 0 Å². The van der Waals surface area contributed by atoms with Gasteiger partial charge in [-0.15, -0.1) is 0 Å². The van der Waals surface area contributed by atoms with Gasteiger partial charge in [0.15, 0.2) is 5.75 Å². The van der Waals surface area contributed by atoms with Gasteiger partial charge in [-0.2, -0.15) is 13.7 Å². The van der Waals surface area contributed by atoms with Crippen LogP contribution in [0.5, 0.6) is 5.75 Å². The summed E-state index contributed by atoms with van der Waals surface area (Å²) in [4.78, 5) is 12.5. The molecule has 0 atom stereocenters. The first-order valence-corrected chi connectivity index (χ1v) is 12.2. The molecule has 162 valence electrons. The highest BCUT2D eigenvalue weighted by Crippen LogP contribution is 2.36. The third-order valence-electron chi connectivity index (χ3n) is 4.03. The molecule has 0 fully saturated rings. The number of carbonyl (C=O) groups is 1. The van der Waals surface area contributed by atoms with Crippen LogP contribution in [0.3, 0.4) is 0 Å². The monoisotopic (exact) mass is 594 g/mol. The van der Waals surface area contributed by atoms with Crippen LogP contribution < -0.4 is 9.50 Å². The Bertz CT molecular complexity index is 1340. The second-order valence-corrected chi connectivity index (χ2v) is 10.0. The molecule has 32 heavy (non-hydrogen) atoms. The van der Waals surface area contributed by atoms with Gasteiger partial charge in [0.25, 0.3) is 5.91 Å². The van der Waals surface area contributed by atoms with Crippen molar-refractivity contribution < 1.29 is 17.4 Å². The highest BCUT2D eigenvalue weighted by molar-refractivity contribution is 9.11. The van der Waals surface area contributed by atoms with Crippen LogP contribution >= 0.6 is 43.5 Å². The van der Waals surface area contributed by atoms with E-state index in [1.165, 1.54) is 36.4 Å². The molecule has 0 bridgehead atoms. The molecule has 0 saturated heterocycles. The zero-order valence-corrected chi connectivity index (χ0v) is 20.8. The molecule has 0 radical (unpaired) electrons. The second-order valence-electron chi connectivity index (χ2n) is 6.29. The van der Waals surface area contributed by atoms with Gasteiger partial charge in [0, 0.05) is 20.7 Å². The molecule has 0 saturated carbocycles. The molecule has 3 rings (SSSR count). The number of halogens is 3. The lowest BCUT2D eigenvalue weighted by atomic mass is 10.1. The van der Waals surface area contributed by atoms with Gasteiger partial charge >= 0.3 is 10.1 Å². The topological polar surface area (TPSA) is 96.3 Å². The zero-order chi connectivity index (χ0) is 23.3. The molecule has 0 spiro atoms. The molecule has 0 aliphatic carbocycles. The van der Waals surface area contributed by atoms with E-state index in [0.29, 0.717) is 19.7 Å². The zero-order valence-electron chi connectivity index (χ0n) is 16.1. The van der Waals surface area contributed by atoms with Crippen molar-refractivity contribution >= 4 is 71.2 Å². The van der Waals surface area contributed by atoms with Crippen LogP contribution in [0, 0.1) is 11.3 Å². The number of benzene rings is 3. The van der Waals surface area contributed by atoms with Gasteiger partial charge in [-0.25, -0.2) is 0 Å². The van der Waals surface area contributed by atoms with Gasteiger partial charge in [0.1, 0.15) is 16.5 Å². The van der Waals surface area contributed by atoms with Gasteiger partial charge in [0.2, 0.25) is 0 Å². The minimum Gasteiger partial charge on any atom is -0.377 e. The number of hydrogen-bond donors (Lipinski definition) is 1. The van der Waals surface area contributed by atoms with E-state index in [1.807, 2.05) is 6.07 Å². The van der Waals surface area contributed by atoms with E-state index in [0.717, 1.165) is 0 Å². The van der Waals surface area contributed by atoms with Gasteiger partial charge < -0.3 is 9.50 Å². The van der Waals surface area contributed by atoms with Crippen LogP contribution in [0.4, 0.5) is 5.69 Å². The Hall–Kier alpha value is -2.64. The molecule has 1 amide bonds. The Balaban J connectivity index is 2.00. The second kappa shape index (κ2) is 10.3. The Morgan fingerprint density at radius 2 is 1.72 bits per heavy atom. The smallest absolute Gasteiger partial charge is 0.339 e. The summed E-state index contributed by atoms with van der Waals surface area (Å²) in [6.45, 7) is 0. The number of nitriles is 1. The average Bonchev–Trinajstić information content (AvgIpc) is 2.75. The van der Waals surface area contributed by atoms with E-state index in [-0.39, 0.29) is 21.8 Å². The van der Waals surface area contributed by atoms with Crippen LogP contribution in [0.1, 0.15) is 5.56 Å². The molecule has 3 aromatic carbocycles. The van der Waals surface area contributed by atoms with Crippen LogP contribution in [-0.4, -0.2) is 14.3 Å². The molecular weight excluding hydrogens is 584 g/mol. The third-order valence-corrected chi connectivity index (χ3v) is 6.56. The van der Waals surface area contributed by atoms with Crippen molar-refractivity contribution in [1.29, 1.82) is 5.26 Å². The molecule has 0 aromatic heterocycles. The lowest BCUT2D eigenvalue weighted by Gasteiger charge is -2.13. The summed E-state index contributed by atoms with van der Waals surface area (Å²) in [5.74, 6) is -0.732. The first-order valence-electron chi connectivity index (χ1n) is 8.87. The minimum atomic E-state index is -4.22. The number of amides is 1. The molecule has 0 aliphatic heterocycles. The average molecular weight is 597 g/mol. The molecule has 6 nitrogen and oxygen atoms in total. The van der Waals surface area contributed by atoms with Crippen molar-refractivity contribution in [3.05, 3.63) is 91.8 Å². The summed E-state index contributed by atoms with van der Waals surface area (Å²) >= 11 is 12.4. The summed E-state index contributed by atoms with van der Waals surface area (Å²) in [6, 6.07) is 19.1. The van der Waals surface area contributed by atoms with Gasteiger partial charge in [0.05, 0.1) is 4.47 Å². The summed E-state index contributed by atoms with van der Waals surface area (Å²) in [5.41, 5.74) is 0.465. The molecule has 0 heterocycles. The van der Waals surface area contributed by atoms with Crippen molar-refractivity contribution in [3.63, 3.8) is 0 Å². The Labute approximate surface area is 206 Å². The number of hydrogen-bond acceptors (Lipinski definition) is 5. The number of para-hydroxylation sites is 1. The molecule has 0 unspecified atom stereocenters. The SMILES string of the molecule is N#C/C(=C\c1cc(Br)cc(Br)c1OS(=O)(=O)c1ccc(Cl)cc1)C(=O)Nc1ccccc1. The fourth-order valence-electron chi connectivity index (χ4n) is 2.56. The minimum absolute atomic E-state index is 0.0802. The van der Waals surface area contributed by atoms with E-state index in [9.17, 15) is 18.5 Å². The van der Waals surface area contributed by atoms with Crippen molar-refractivity contribution in [2.24, 2.45) is 0 Å². The van der Waals surface area contributed by atoms with E-state index in [2.05, 4.69) is 37.2 Å². The third kappa shape index (κ3) is 5.99. The fraction of sp³-hybridized carbons (Fsp3) is 0. The normalized spacial score (nSPS) is 11.5. The van der Waals surface area contributed by atoms with Crippen LogP contribution in [0.15, 0.2) is 86.1 Å². The van der Waals surface area contributed by atoms with Crippen LogP contribution in [0.25, 0.3) is 6.08 Å². The van der Waals surface area contributed by atoms with E-state index in [4.69, 9.17) is 15.8 Å². The van der Waals surface area contributed by atoms with E-state index >= 15 is 0 Å². The molecule has 3 aromatic rings. The molecule has 1 N–H and O–H groups in total. The Kier molecular flexibility index (Phi) is 7.74. The van der Waals surface area contributed by atoms with Gasteiger partial charge in [-0.05, 0) is 70.5 Å². The maximum atomic E-state index is 12.8. The van der Waals surface area contributed by atoms with Crippen LogP contribution in [0.2, 0.25) is 5.02 Å². The highest BCUT2D eigenvalue weighted by atomic mass is 79.9. The van der Waals surface area contributed by atoms with E-state index in [1.54, 1.807) is 36.4 Å². The quantitative estimate of drug-likeness (QED) is 0.208. The van der Waals surface area contributed by atoms with E-state index < -0.39 is 16.0 Å². The first kappa shape index (κ1) is 24.0. The fourth-order valence-corrected chi connectivity index (χ4v) is 5.10. The number of anilines is 1. The summed E-state index contributed by atoms with van der Waals surface area (Å²) < 4.78 is 31.8. The predicted octanol–water partition coefficient (Wildman–Crippen LogP) is 6.18. The van der Waals surface area contributed by atoms with Crippen LogP contribution in [-0.2, 0) is 14.9 Å². The summed E-state index contributed by atoms with van der Waals surface area (Å²) in [5, 5.41) is 12.5. The molecular formula is C22H13Br2ClN2O4S.